The van der Waals surface area contributed by atoms with E-state index in [0.717, 1.165) is 24.8 Å². The SMILES string of the molecule is CCNC(=NCCOCc1ccccc1)NCCS(=O)(=O)NCC1CCCCO1.I. The van der Waals surface area contributed by atoms with Crippen molar-refractivity contribution in [3.8, 4) is 0 Å². The molecule has 1 atom stereocenters. The second-order valence-electron chi connectivity index (χ2n) is 6.88. The molecule has 0 aliphatic carbocycles. The topological polar surface area (TPSA) is 101 Å². The molecule has 30 heavy (non-hydrogen) atoms. The predicted molar refractivity (Wildman–Crippen MR) is 131 cm³/mol. The molecule has 10 heteroatoms. The largest absolute Gasteiger partial charge is 0.377 e. The van der Waals surface area contributed by atoms with E-state index in [1.54, 1.807) is 0 Å². The number of ether oxygens (including phenoxy) is 2. The Balaban J connectivity index is 0.00000450. The molecule has 8 nitrogen and oxygen atoms in total. The maximum atomic E-state index is 12.2. The van der Waals surface area contributed by atoms with Gasteiger partial charge in [0.25, 0.3) is 0 Å². The minimum atomic E-state index is -3.35. The molecular weight excluding hydrogens is 519 g/mol. The summed E-state index contributed by atoms with van der Waals surface area (Å²) in [4.78, 5) is 4.42. The van der Waals surface area contributed by atoms with Crippen LogP contribution in [0.15, 0.2) is 35.3 Å². The number of benzene rings is 1. The van der Waals surface area contributed by atoms with Crippen LogP contribution in [-0.4, -0.2) is 65.6 Å². The number of rotatable bonds is 12. The fourth-order valence-electron chi connectivity index (χ4n) is 2.89. The molecule has 0 aromatic heterocycles. The summed E-state index contributed by atoms with van der Waals surface area (Å²) < 4.78 is 38.1. The van der Waals surface area contributed by atoms with Crippen LogP contribution in [0.2, 0.25) is 0 Å². The van der Waals surface area contributed by atoms with Crippen molar-refractivity contribution in [2.75, 3.05) is 45.1 Å². The average molecular weight is 554 g/mol. The van der Waals surface area contributed by atoms with Crippen LogP contribution < -0.4 is 15.4 Å². The molecule has 1 aliphatic heterocycles. The van der Waals surface area contributed by atoms with Gasteiger partial charge in [-0.15, -0.1) is 24.0 Å². The quantitative estimate of drug-likeness (QED) is 0.158. The van der Waals surface area contributed by atoms with Crippen molar-refractivity contribution in [3.05, 3.63) is 35.9 Å². The van der Waals surface area contributed by atoms with Gasteiger partial charge in [0, 0.05) is 26.2 Å². The van der Waals surface area contributed by atoms with Gasteiger partial charge in [0.2, 0.25) is 10.0 Å². The van der Waals surface area contributed by atoms with Crippen molar-refractivity contribution in [3.63, 3.8) is 0 Å². The lowest BCUT2D eigenvalue weighted by Gasteiger charge is -2.22. The number of hydrogen-bond acceptors (Lipinski definition) is 5. The Morgan fingerprint density at radius 3 is 2.73 bits per heavy atom. The van der Waals surface area contributed by atoms with Crippen LogP contribution >= 0.6 is 24.0 Å². The Morgan fingerprint density at radius 1 is 1.23 bits per heavy atom. The first-order valence-corrected chi connectivity index (χ1v) is 12.0. The first kappa shape index (κ1) is 27.1. The molecule has 0 amide bonds. The first-order valence-electron chi connectivity index (χ1n) is 10.3. The van der Waals surface area contributed by atoms with Gasteiger partial charge in [-0.1, -0.05) is 30.3 Å². The zero-order valence-electron chi connectivity index (χ0n) is 17.6. The van der Waals surface area contributed by atoms with E-state index in [0.29, 0.717) is 45.4 Å². The van der Waals surface area contributed by atoms with Gasteiger partial charge in [0.15, 0.2) is 5.96 Å². The van der Waals surface area contributed by atoms with E-state index >= 15 is 0 Å². The van der Waals surface area contributed by atoms with E-state index in [2.05, 4.69) is 20.3 Å². The van der Waals surface area contributed by atoms with E-state index in [-0.39, 0.29) is 42.4 Å². The van der Waals surface area contributed by atoms with Gasteiger partial charge in [0.05, 0.1) is 31.6 Å². The van der Waals surface area contributed by atoms with Crippen molar-refractivity contribution in [1.29, 1.82) is 0 Å². The summed E-state index contributed by atoms with van der Waals surface area (Å²) in [6.07, 6.45) is 3.04. The van der Waals surface area contributed by atoms with Crippen LogP contribution in [0.3, 0.4) is 0 Å². The Hall–Kier alpha value is -0.950. The van der Waals surface area contributed by atoms with Gasteiger partial charge in [-0.25, -0.2) is 13.1 Å². The third-order valence-electron chi connectivity index (χ3n) is 4.43. The van der Waals surface area contributed by atoms with Gasteiger partial charge < -0.3 is 20.1 Å². The predicted octanol–water partition coefficient (Wildman–Crippen LogP) is 1.86. The molecule has 3 N–H and O–H groups in total. The number of guanidine groups is 1. The number of nitrogens with one attached hydrogen (secondary N) is 3. The van der Waals surface area contributed by atoms with Gasteiger partial charge in [0.1, 0.15) is 0 Å². The molecule has 1 aromatic carbocycles. The maximum Gasteiger partial charge on any atom is 0.213 e. The van der Waals surface area contributed by atoms with Crippen molar-refractivity contribution < 1.29 is 17.9 Å². The molecule has 172 valence electrons. The summed E-state index contributed by atoms with van der Waals surface area (Å²) in [5.74, 6) is 0.566. The molecule has 1 unspecified atom stereocenters. The van der Waals surface area contributed by atoms with Gasteiger partial charge in [-0.3, -0.25) is 4.99 Å². The van der Waals surface area contributed by atoms with Crippen molar-refractivity contribution >= 4 is 40.0 Å². The van der Waals surface area contributed by atoms with Gasteiger partial charge in [-0.2, -0.15) is 0 Å². The standard InChI is InChI=1S/C20H34N4O4S.HI/c1-2-21-20(22-11-14-27-17-18-8-4-3-5-9-18)23-12-15-29(25,26)24-16-19-10-6-7-13-28-19;/h3-5,8-9,19,24H,2,6-7,10-17H2,1H3,(H2,21,22,23);1H. The lowest BCUT2D eigenvalue weighted by atomic mass is 10.1. The Kier molecular flexibility index (Phi) is 14.3. The van der Waals surface area contributed by atoms with Crippen LogP contribution in [0.4, 0.5) is 0 Å². The molecule has 0 saturated carbocycles. The summed E-state index contributed by atoms with van der Waals surface area (Å²) in [6.45, 7) is 5.53. The third kappa shape index (κ3) is 12.0. The van der Waals surface area contributed by atoms with E-state index < -0.39 is 10.0 Å². The number of nitrogens with zero attached hydrogens (tertiary/aromatic N) is 1. The monoisotopic (exact) mass is 554 g/mol. The lowest BCUT2D eigenvalue weighted by Crippen LogP contribution is -2.42. The second kappa shape index (κ2) is 15.8. The molecule has 1 aromatic rings. The zero-order chi connectivity index (χ0) is 20.8. The van der Waals surface area contributed by atoms with Gasteiger partial charge >= 0.3 is 0 Å². The first-order chi connectivity index (χ1) is 14.1. The van der Waals surface area contributed by atoms with Crippen LogP contribution in [-0.2, 0) is 26.1 Å². The maximum absolute atomic E-state index is 12.2. The van der Waals surface area contributed by atoms with E-state index in [1.165, 1.54) is 0 Å². The molecule has 0 spiro atoms. The summed E-state index contributed by atoms with van der Waals surface area (Å²) in [5.41, 5.74) is 1.12. The highest BCUT2D eigenvalue weighted by Crippen LogP contribution is 2.11. The number of hydrogen-bond donors (Lipinski definition) is 3. The van der Waals surface area contributed by atoms with E-state index in [1.807, 2.05) is 37.3 Å². The van der Waals surface area contributed by atoms with Crippen molar-refractivity contribution in [2.45, 2.75) is 38.9 Å². The van der Waals surface area contributed by atoms with Crippen LogP contribution in [0.25, 0.3) is 0 Å². The van der Waals surface area contributed by atoms with Crippen molar-refractivity contribution in [1.82, 2.24) is 15.4 Å². The molecular formula is C20H35IN4O4S. The van der Waals surface area contributed by atoms with Crippen LogP contribution in [0, 0.1) is 0 Å². The minimum absolute atomic E-state index is 0. The van der Waals surface area contributed by atoms with E-state index in [9.17, 15) is 8.42 Å². The van der Waals surface area contributed by atoms with Crippen molar-refractivity contribution in [2.24, 2.45) is 4.99 Å². The van der Waals surface area contributed by atoms with Crippen LogP contribution in [0.5, 0.6) is 0 Å². The lowest BCUT2D eigenvalue weighted by molar-refractivity contribution is 0.0200. The summed E-state index contributed by atoms with van der Waals surface area (Å²) in [6, 6.07) is 9.97. The number of halogens is 1. The third-order valence-corrected chi connectivity index (χ3v) is 5.78. The molecule has 2 rings (SSSR count). The minimum Gasteiger partial charge on any atom is -0.377 e. The Morgan fingerprint density at radius 2 is 2.03 bits per heavy atom. The number of sulfonamides is 1. The summed E-state index contributed by atoms with van der Waals surface area (Å²) >= 11 is 0. The Labute approximate surface area is 197 Å². The second-order valence-corrected chi connectivity index (χ2v) is 8.81. The molecule has 1 heterocycles. The molecule has 1 aliphatic rings. The molecule has 1 saturated heterocycles. The fourth-order valence-corrected chi connectivity index (χ4v) is 3.85. The van der Waals surface area contributed by atoms with Gasteiger partial charge in [-0.05, 0) is 31.7 Å². The normalized spacial score (nSPS) is 17.2. The number of aliphatic imine (C=N–C) groups is 1. The highest BCUT2D eigenvalue weighted by molar-refractivity contribution is 14.0. The highest BCUT2D eigenvalue weighted by atomic mass is 127. The smallest absolute Gasteiger partial charge is 0.213 e. The summed E-state index contributed by atoms with van der Waals surface area (Å²) in [7, 11) is -3.35. The van der Waals surface area contributed by atoms with Crippen LogP contribution in [0.1, 0.15) is 31.7 Å². The molecule has 0 bridgehead atoms. The molecule has 0 radical (unpaired) electrons. The average Bonchev–Trinajstić information content (AvgIpc) is 2.73. The molecule has 1 fully saturated rings. The zero-order valence-corrected chi connectivity index (χ0v) is 20.8. The summed E-state index contributed by atoms with van der Waals surface area (Å²) in [5, 5.41) is 6.17. The highest BCUT2D eigenvalue weighted by Gasteiger charge is 2.17. The van der Waals surface area contributed by atoms with E-state index in [4.69, 9.17) is 9.47 Å². The fraction of sp³-hybridized carbons (Fsp3) is 0.650. The Bertz CT molecular complexity index is 698.